The van der Waals surface area contributed by atoms with Crippen LogP contribution in [-0.4, -0.2) is 18.4 Å². The van der Waals surface area contributed by atoms with Gasteiger partial charge in [-0.15, -0.1) is 0 Å². The zero-order valence-electron chi connectivity index (χ0n) is 14.4. The van der Waals surface area contributed by atoms with Crippen molar-refractivity contribution in [2.45, 2.75) is 13.8 Å². The highest BCUT2D eigenvalue weighted by Gasteiger charge is 2.49. The van der Waals surface area contributed by atoms with Crippen LogP contribution in [0.5, 0.6) is 0 Å². The van der Waals surface area contributed by atoms with E-state index < -0.39 is 11.4 Å². The molecule has 25 heavy (non-hydrogen) atoms. The number of carbonyl (C=O) groups excluding carboxylic acids is 2. The van der Waals surface area contributed by atoms with Crippen molar-refractivity contribution in [1.82, 2.24) is 0 Å². The van der Waals surface area contributed by atoms with E-state index >= 15 is 0 Å². The van der Waals surface area contributed by atoms with Crippen molar-refractivity contribution in [2.24, 2.45) is 5.41 Å². The normalized spacial score (nSPS) is 19.8. The van der Waals surface area contributed by atoms with Crippen LogP contribution in [0.15, 0.2) is 72.8 Å². The molecule has 0 fully saturated rings. The third kappa shape index (κ3) is 2.93. The fraction of sp³-hybridized carbons (Fsp3) is 0.182. The Morgan fingerprint density at radius 3 is 2.04 bits per heavy atom. The molecule has 0 heterocycles. The van der Waals surface area contributed by atoms with Gasteiger partial charge in [-0.1, -0.05) is 72.8 Å². The number of benzene rings is 2. The van der Waals surface area contributed by atoms with Crippen molar-refractivity contribution >= 4 is 22.9 Å². The molecule has 0 saturated carbocycles. The Labute approximate surface area is 147 Å². The molecule has 0 aromatic heterocycles. The van der Waals surface area contributed by atoms with Crippen LogP contribution in [0.4, 0.5) is 0 Å². The van der Waals surface area contributed by atoms with Gasteiger partial charge >= 0.3 is 5.97 Å². The molecule has 2 aromatic rings. The summed E-state index contributed by atoms with van der Waals surface area (Å²) < 4.78 is 5.26. The second-order valence-electron chi connectivity index (χ2n) is 6.07. The first-order valence-corrected chi connectivity index (χ1v) is 8.34. The van der Waals surface area contributed by atoms with Gasteiger partial charge in [0.1, 0.15) is 0 Å². The van der Waals surface area contributed by atoms with Gasteiger partial charge in [0.15, 0.2) is 11.2 Å². The van der Waals surface area contributed by atoms with Crippen LogP contribution in [0.1, 0.15) is 25.0 Å². The molecular formula is C22H20O3. The smallest absolute Gasteiger partial charge is 0.324 e. The first-order chi connectivity index (χ1) is 12.1. The van der Waals surface area contributed by atoms with E-state index in [4.69, 9.17) is 4.74 Å². The highest BCUT2D eigenvalue weighted by Crippen LogP contribution is 2.44. The summed E-state index contributed by atoms with van der Waals surface area (Å²) in [5.74, 6) is -0.755. The SMILES string of the molecule is CCOC(=O)C1(C)C(=O)C(c2ccccc2)=CC=C1c1ccccc1. The van der Waals surface area contributed by atoms with Gasteiger partial charge in [0.2, 0.25) is 0 Å². The molecular weight excluding hydrogens is 312 g/mol. The van der Waals surface area contributed by atoms with Gasteiger partial charge in [0, 0.05) is 5.57 Å². The van der Waals surface area contributed by atoms with Crippen LogP contribution in [0.2, 0.25) is 0 Å². The molecule has 3 rings (SSSR count). The van der Waals surface area contributed by atoms with Gasteiger partial charge in [0.05, 0.1) is 6.61 Å². The Kier molecular flexibility index (Phi) is 4.66. The molecule has 0 radical (unpaired) electrons. The van der Waals surface area contributed by atoms with E-state index in [0.29, 0.717) is 11.1 Å². The predicted molar refractivity (Wildman–Crippen MR) is 98.6 cm³/mol. The number of carbonyl (C=O) groups is 2. The van der Waals surface area contributed by atoms with Crippen LogP contribution < -0.4 is 0 Å². The maximum Gasteiger partial charge on any atom is 0.324 e. The summed E-state index contributed by atoms with van der Waals surface area (Å²) in [6.07, 6.45) is 3.65. The average Bonchev–Trinajstić information content (AvgIpc) is 2.65. The summed E-state index contributed by atoms with van der Waals surface area (Å²) in [7, 11) is 0. The highest BCUT2D eigenvalue weighted by atomic mass is 16.5. The van der Waals surface area contributed by atoms with Crippen molar-refractivity contribution < 1.29 is 14.3 Å². The van der Waals surface area contributed by atoms with E-state index in [1.54, 1.807) is 19.9 Å². The van der Waals surface area contributed by atoms with Crippen LogP contribution in [0, 0.1) is 5.41 Å². The molecule has 2 aromatic carbocycles. The maximum absolute atomic E-state index is 13.3. The van der Waals surface area contributed by atoms with E-state index in [1.165, 1.54) is 0 Å². The Morgan fingerprint density at radius 1 is 0.920 bits per heavy atom. The summed E-state index contributed by atoms with van der Waals surface area (Å²) >= 11 is 0. The molecule has 0 N–H and O–H groups in total. The molecule has 1 atom stereocenters. The Morgan fingerprint density at radius 2 is 1.48 bits per heavy atom. The molecule has 1 aliphatic carbocycles. The minimum Gasteiger partial charge on any atom is -0.465 e. The second kappa shape index (κ2) is 6.89. The topological polar surface area (TPSA) is 43.4 Å². The minimum absolute atomic E-state index is 0.230. The van der Waals surface area contributed by atoms with E-state index in [9.17, 15) is 9.59 Å². The first-order valence-electron chi connectivity index (χ1n) is 8.34. The van der Waals surface area contributed by atoms with Gasteiger partial charge in [-0.2, -0.15) is 0 Å². The molecule has 0 aliphatic heterocycles. The fourth-order valence-electron chi connectivity index (χ4n) is 3.13. The maximum atomic E-state index is 13.3. The van der Waals surface area contributed by atoms with Crippen molar-refractivity contribution in [2.75, 3.05) is 6.61 Å². The Hall–Kier alpha value is -2.94. The zero-order chi connectivity index (χ0) is 17.9. The van der Waals surface area contributed by atoms with Crippen molar-refractivity contribution in [3.8, 4) is 0 Å². The molecule has 3 heteroatoms. The summed E-state index contributed by atoms with van der Waals surface area (Å²) in [5, 5.41) is 0. The van der Waals surface area contributed by atoms with E-state index in [0.717, 1.165) is 11.1 Å². The van der Waals surface area contributed by atoms with Crippen molar-refractivity contribution in [1.29, 1.82) is 0 Å². The quantitative estimate of drug-likeness (QED) is 0.619. The lowest BCUT2D eigenvalue weighted by Gasteiger charge is -2.32. The van der Waals surface area contributed by atoms with E-state index in [2.05, 4.69) is 0 Å². The highest BCUT2D eigenvalue weighted by molar-refractivity contribution is 6.35. The molecule has 0 saturated heterocycles. The summed E-state index contributed by atoms with van der Waals surface area (Å²) in [4.78, 5) is 26.1. The molecule has 0 spiro atoms. The number of rotatable bonds is 4. The first kappa shape index (κ1) is 16.9. The van der Waals surface area contributed by atoms with E-state index in [1.807, 2.05) is 66.7 Å². The Bertz CT molecular complexity index is 847. The van der Waals surface area contributed by atoms with Gasteiger partial charge < -0.3 is 4.74 Å². The van der Waals surface area contributed by atoms with Crippen LogP contribution in [0.25, 0.3) is 11.1 Å². The van der Waals surface area contributed by atoms with Gasteiger partial charge in [-0.3, -0.25) is 9.59 Å². The molecule has 1 unspecified atom stereocenters. The second-order valence-corrected chi connectivity index (χ2v) is 6.07. The third-order valence-electron chi connectivity index (χ3n) is 4.51. The van der Waals surface area contributed by atoms with Crippen LogP contribution in [-0.2, 0) is 14.3 Å². The molecule has 0 bridgehead atoms. The number of Topliss-reactive ketones (excluding diaryl/α,β-unsaturated/α-hetero) is 1. The largest absolute Gasteiger partial charge is 0.465 e. The van der Waals surface area contributed by atoms with Gasteiger partial charge in [-0.05, 0) is 30.5 Å². The number of hydrogen-bond donors (Lipinski definition) is 0. The number of ketones is 1. The fourth-order valence-corrected chi connectivity index (χ4v) is 3.13. The third-order valence-corrected chi connectivity index (χ3v) is 4.51. The lowest BCUT2D eigenvalue weighted by atomic mass is 9.69. The molecule has 126 valence electrons. The number of hydrogen-bond acceptors (Lipinski definition) is 3. The summed E-state index contributed by atoms with van der Waals surface area (Å²) in [6, 6.07) is 18.9. The number of ether oxygens (including phenoxy) is 1. The minimum atomic E-state index is -1.36. The number of allylic oxidation sites excluding steroid dienone is 3. The molecule has 1 aliphatic rings. The van der Waals surface area contributed by atoms with Gasteiger partial charge in [0.25, 0.3) is 0 Å². The standard InChI is InChI=1S/C22H20O3/c1-3-25-21(24)22(2)19(17-12-8-5-9-13-17)15-14-18(20(22)23)16-10-6-4-7-11-16/h4-15H,3H2,1-2H3. The molecule has 3 nitrogen and oxygen atoms in total. The van der Waals surface area contributed by atoms with E-state index in [-0.39, 0.29) is 12.4 Å². The van der Waals surface area contributed by atoms with Crippen molar-refractivity contribution in [3.63, 3.8) is 0 Å². The van der Waals surface area contributed by atoms with Gasteiger partial charge in [-0.25, -0.2) is 0 Å². The monoisotopic (exact) mass is 332 g/mol. The van der Waals surface area contributed by atoms with Crippen LogP contribution >= 0.6 is 0 Å². The Balaban J connectivity index is 2.17. The summed E-state index contributed by atoms with van der Waals surface area (Å²) in [5.41, 5.74) is 1.46. The van der Waals surface area contributed by atoms with Crippen LogP contribution in [0.3, 0.4) is 0 Å². The zero-order valence-corrected chi connectivity index (χ0v) is 14.4. The average molecular weight is 332 g/mol. The molecule has 0 amide bonds. The summed E-state index contributed by atoms with van der Waals surface area (Å²) in [6.45, 7) is 3.63. The predicted octanol–water partition coefficient (Wildman–Crippen LogP) is 4.31. The lowest BCUT2D eigenvalue weighted by Crippen LogP contribution is -2.41. The van der Waals surface area contributed by atoms with Crippen molar-refractivity contribution in [3.05, 3.63) is 83.9 Å². The lowest BCUT2D eigenvalue weighted by molar-refractivity contribution is -0.153. The number of esters is 1.